The molecule has 4 unspecified atom stereocenters. The lowest BCUT2D eigenvalue weighted by atomic mass is 9.84. The van der Waals surface area contributed by atoms with Crippen molar-refractivity contribution in [3.05, 3.63) is 211 Å². The van der Waals surface area contributed by atoms with Gasteiger partial charge in [0, 0.05) is 36.3 Å². The van der Waals surface area contributed by atoms with Gasteiger partial charge in [-0.05, 0) is 71.8 Å². The first-order chi connectivity index (χ1) is 35.1. The molecule has 16 nitrogen and oxygen atoms in total. The number of nitrogens with one attached hydrogen (secondary N) is 2. The van der Waals surface area contributed by atoms with Gasteiger partial charge in [-0.3, -0.25) is 19.2 Å². The molecule has 2 aliphatic heterocycles. The maximum atomic E-state index is 14.1. The van der Waals surface area contributed by atoms with Crippen LogP contribution < -0.4 is 22.1 Å². The number of sulfonamides is 2. The van der Waals surface area contributed by atoms with Crippen LogP contribution in [-0.2, 0) is 29.6 Å². The fourth-order valence-electron chi connectivity index (χ4n) is 8.47. The molecule has 376 valence electrons. The first-order valence-corrected chi connectivity index (χ1v) is 26.2. The average molecular weight is 1110 g/mol. The summed E-state index contributed by atoms with van der Waals surface area (Å²) >= 11 is 25.4. The molecule has 6 aromatic rings. The molecule has 2 amide bonds. The summed E-state index contributed by atoms with van der Waals surface area (Å²) in [7, 11) is -8.92. The van der Waals surface area contributed by atoms with E-state index in [4.69, 9.17) is 57.9 Å². The van der Waals surface area contributed by atoms with Gasteiger partial charge >= 0.3 is 0 Å². The van der Waals surface area contributed by atoms with Crippen molar-refractivity contribution in [3.63, 3.8) is 0 Å². The number of anilines is 2. The van der Waals surface area contributed by atoms with Crippen LogP contribution in [0.3, 0.4) is 0 Å². The number of ketones is 2. The van der Waals surface area contributed by atoms with E-state index in [1.165, 1.54) is 86.6 Å². The smallest absolute Gasteiger partial charge is 0.266 e. The summed E-state index contributed by atoms with van der Waals surface area (Å²) in [6.07, 6.45) is 0. The Hall–Kier alpha value is -7.52. The first-order valence-electron chi connectivity index (χ1n) is 21.8. The number of hydrogen-bond acceptors (Lipinski definition) is 12. The molecule has 2 heterocycles. The molecular formula is C52H40Cl4N8O8S2. The van der Waals surface area contributed by atoms with Crippen LogP contribution in [0.4, 0.5) is 11.4 Å². The van der Waals surface area contributed by atoms with E-state index < -0.39 is 55.7 Å². The predicted molar refractivity (Wildman–Crippen MR) is 281 cm³/mol. The lowest BCUT2D eigenvalue weighted by Gasteiger charge is -2.30. The van der Waals surface area contributed by atoms with Gasteiger partial charge in [-0.15, -0.1) is 0 Å². The Morgan fingerprint density at radius 3 is 1.45 bits per heavy atom. The molecule has 74 heavy (non-hydrogen) atoms. The van der Waals surface area contributed by atoms with E-state index in [0.717, 1.165) is 8.61 Å². The molecule has 22 heteroatoms. The van der Waals surface area contributed by atoms with Crippen LogP contribution in [0, 0.1) is 22.7 Å². The molecule has 0 bridgehead atoms. The zero-order valence-corrected chi connectivity index (χ0v) is 43.4. The van der Waals surface area contributed by atoms with Gasteiger partial charge in [0.2, 0.25) is 21.8 Å². The quantitative estimate of drug-likeness (QED) is 0.0835. The highest BCUT2D eigenvalue weighted by Crippen LogP contribution is 2.48. The molecule has 6 aromatic carbocycles. The van der Waals surface area contributed by atoms with Gasteiger partial charge in [-0.2, -0.15) is 14.8 Å². The highest BCUT2D eigenvalue weighted by Gasteiger charge is 2.53. The van der Waals surface area contributed by atoms with Crippen molar-refractivity contribution in [2.24, 2.45) is 11.5 Å². The zero-order valence-electron chi connectivity index (χ0n) is 38.7. The lowest BCUT2D eigenvalue weighted by molar-refractivity contribution is -0.115. The van der Waals surface area contributed by atoms with Crippen LogP contribution in [0.25, 0.3) is 0 Å². The van der Waals surface area contributed by atoms with E-state index in [0.29, 0.717) is 16.9 Å². The minimum absolute atomic E-state index is 0.0312. The number of benzene rings is 6. The Balaban J connectivity index is 0.000000216. The topological polar surface area (TPSA) is 267 Å². The molecule has 2 aliphatic rings. The number of nitriles is 2. The van der Waals surface area contributed by atoms with Gasteiger partial charge in [0.15, 0.2) is 11.6 Å². The van der Waals surface area contributed by atoms with E-state index in [1.54, 1.807) is 72.8 Å². The van der Waals surface area contributed by atoms with E-state index in [1.807, 2.05) is 12.1 Å². The minimum atomic E-state index is -4.46. The highest BCUT2D eigenvalue weighted by molar-refractivity contribution is 7.89. The van der Waals surface area contributed by atoms with E-state index in [2.05, 4.69) is 10.6 Å². The van der Waals surface area contributed by atoms with Crippen molar-refractivity contribution in [1.29, 1.82) is 10.5 Å². The number of Topliss-reactive ketones (excluding diaryl/α,β-unsaturated/α-hetero) is 2. The number of rotatable bonds is 12. The maximum absolute atomic E-state index is 14.1. The number of halogens is 4. The molecule has 4 atom stereocenters. The van der Waals surface area contributed by atoms with Gasteiger partial charge in [-0.25, -0.2) is 21.1 Å². The summed E-state index contributed by atoms with van der Waals surface area (Å²) in [6, 6.07) is 36.0. The van der Waals surface area contributed by atoms with Crippen molar-refractivity contribution >= 4 is 101 Å². The SMILES string of the molecule is CC(=O)Nc1ccc(S(=O)(=O)N2C(C(=O)c3ccccc3)C(N)=C(C#N)C2c2cccc(Cl)c2Cl)cc1.CC(=O)Nc1ccc(S(=O)(=O)N2C(N)=C(C#N)C(c3cccc(Cl)c3Cl)C2C(=O)c2ccccc2)cc1. The molecule has 0 aromatic heterocycles. The van der Waals surface area contributed by atoms with Crippen molar-refractivity contribution in [2.45, 2.75) is 47.7 Å². The molecule has 6 N–H and O–H groups in total. The third kappa shape index (κ3) is 10.6. The second-order valence-electron chi connectivity index (χ2n) is 16.4. The van der Waals surface area contributed by atoms with E-state index in [9.17, 15) is 46.5 Å². The van der Waals surface area contributed by atoms with Crippen LogP contribution in [0.5, 0.6) is 0 Å². The lowest BCUT2D eigenvalue weighted by Crippen LogP contribution is -2.45. The molecule has 0 spiro atoms. The van der Waals surface area contributed by atoms with Gasteiger partial charge in [0.1, 0.15) is 17.9 Å². The number of amides is 2. The maximum Gasteiger partial charge on any atom is 0.266 e. The number of carbonyl (C=O) groups excluding carboxylic acids is 4. The minimum Gasteiger partial charge on any atom is -0.399 e. The second kappa shape index (κ2) is 22.3. The normalized spacial score (nSPS) is 17.6. The molecule has 0 saturated heterocycles. The third-order valence-electron chi connectivity index (χ3n) is 11.7. The van der Waals surface area contributed by atoms with Crippen molar-refractivity contribution in [1.82, 2.24) is 8.61 Å². The second-order valence-corrected chi connectivity index (χ2v) is 21.6. The molecule has 0 radical (unpaired) electrons. The fourth-order valence-corrected chi connectivity index (χ4v) is 12.6. The Bertz CT molecular complexity index is 3610. The van der Waals surface area contributed by atoms with Crippen molar-refractivity contribution in [3.8, 4) is 12.1 Å². The van der Waals surface area contributed by atoms with Gasteiger partial charge in [0.05, 0.1) is 70.8 Å². The number of carbonyl (C=O) groups is 4. The third-order valence-corrected chi connectivity index (χ3v) is 17.1. The first kappa shape index (κ1) is 54.3. The van der Waals surface area contributed by atoms with Crippen LogP contribution in [0.2, 0.25) is 20.1 Å². The molecular weight excluding hydrogens is 1070 g/mol. The summed E-state index contributed by atoms with van der Waals surface area (Å²) in [4.78, 5) is 49.9. The molecule has 8 rings (SSSR count). The molecule has 0 saturated carbocycles. The van der Waals surface area contributed by atoms with Crippen LogP contribution in [0.1, 0.15) is 57.7 Å². The number of nitrogens with zero attached hydrogens (tertiary/aromatic N) is 4. The van der Waals surface area contributed by atoms with Crippen molar-refractivity contribution in [2.75, 3.05) is 10.6 Å². The van der Waals surface area contributed by atoms with Gasteiger partial charge < -0.3 is 22.1 Å². The van der Waals surface area contributed by atoms with Crippen LogP contribution >= 0.6 is 46.4 Å². The average Bonchev–Trinajstić information content (AvgIpc) is 3.86. The standard InChI is InChI=1S/2C26H20Cl2N4O4S/c1-15(33)31-17-10-12-18(13-11-17)37(35,36)32-24(19-8-5-9-21(27)22(19)28)20(14-29)23(30)25(32)26(34)16-6-3-2-4-7-16;1-15(33)31-17-10-12-18(13-11-17)37(35,36)32-24(25(34)16-6-3-2-4-7-16)22(20(14-29)26(32)30)19-8-5-9-21(27)23(19)28/h2-13,24-25H,30H2,1H3,(H,31,33);2-13,22,24H,30H2,1H3,(H,31,33). The summed E-state index contributed by atoms with van der Waals surface area (Å²) in [6.45, 7) is 2.65. The van der Waals surface area contributed by atoms with Crippen LogP contribution in [0.15, 0.2) is 178 Å². The summed E-state index contributed by atoms with van der Waals surface area (Å²) < 4.78 is 57.8. The zero-order chi connectivity index (χ0) is 53.8. The molecule has 0 aliphatic carbocycles. The highest BCUT2D eigenvalue weighted by atomic mass is 35.5. The predicted octanol–water partition coefficient (Wildman–Crippen LogP) is 9.37. The van der Waals surface area contributed by atoms with Crippen molar-refractivity contribution < 1.29 is 36.0 Å². The summed E-state index contributed by atoms with van der Waals surface area (Å²) in [5, 5.41) is 25.6. The summed E-state index contributed by atoms with van der Waals surface area (Å²) in [5.74, 6) is -3.33. The van der Waals surface area contributed by atoms with Crippen LogP contribution in [-0.4, -0.2) is 60.9 Å². The monoisotopic (exact) mass is 1110 g/mol. The van der Waals surface area contributed by atoms with E-state index in [-0.39, 0.29) is 81.1 Å². The fraction of sp³-hybridized carbons (Fsp3) is 0.115. The largest absolute Gasteiger partial charge is 0.399 e. The summed E-state index contributed by atoms with van der Waals surface area (Å²) in [5.41, 5.74) is 13.9. The Kier molecular flexibility index (Phi) is 16.4. The Morgan fingerprint density at radius 1 is 0.554 bits per heavy atom. The number of hydrogen-bond donors (Lipinski definition) is 4. The van der Waals surface area contributed by atoms with E-state index >= 15 is 0 Å². The number of nitrogens with two attached hydrogens (primary N) is 2. The Morgan fingerprint density at radius 2 is 0.986 bits per heavy atom. The van der Waals surface area contributed by atoms with Gasteiger partial charge in [0.25, 0.3) is 10.0 Å². The molecule has 0 fully saturated rings. The Labute approximate surface area is 446 Å². The van der Waals surface area contributed by atoms with Gasteiger partial charge in [-0.1, -0.05) is 131 Å².